The number of unbranched alkanes of at least 4 members (excludes halogenated alkanes) is 1. The number of nitrogens with zero attached hydrogens (tertiary/aromatic N) is 5. The van der Waals surface area contributed by atoms with Gasteiger partial charge >= 0.3 is 0 Å². The molecule has 5 nitrogen and oxygen atoms in total. The van der Waals surface area contributed by atoms with Gasteiger partial charge in [0.15, 0.2) is 0 Å². The molecule has 299 valence electrons. The molecule has 10 heteroatoms. The molecule has 57 heavy (non-hydrogen) atoms. The van der Waals surface area contributed by atoms with E-state index in [0.717, 1.165) is 76.8 Å². The maximum absolute atomic E-state index is 14.5. The van der Waals surface area contributed by atoms with Crippen LogP contribution in [0.4, 0.5) is 34.8 Å². The Balaban J connectivity index is 0.000000302. The normalized spacial score (nSPS) is 12.5. The maximum Gasteiger partial charge on any atom is 0.124 e. The summed E-state index contributed by atoms with van der Waals surface area (Å²) in [5, 5.41) is 0. The molecule has 1 aliphatic rings. The number of aromatic nitrogens is 3. The van der Waals surface area contributed by atoms with E-state index in [2.05, 4.69) is 85.7 Å². The minimum absolute atomic E-state index is 0. The summed E-state index contributed by atoms with van der Waals surface area (Å²) >= 11 is 0. The van der Waals surface area contributed by atoms with E-state index in [9.17, 15) is 17.6 Å². The number of anilines is 3. The quantitative estimate of drug-likeness (QED) is 0.0864. The predicted molar refractivity (Wildman–Crippen MR) is 215 cm³/mol. The van der Waals surface area contributed by atoms with Crippen molar-refractivity contribution in [2.24, 2.45) is 0 Å². The number of para-hydroxylation sites is 1. The zero-order valence-corrected chi connectivity index (χ0v) is 35.5. The minimum Gasteiger partial charge on any atom is -0.502 e. The molecule has 1 aliphatic heterocycles. The second-order valence-corrected chi connectivity index (χ2v) is 15.9. The fourth-order valence-corrected chi connectivity index (χ4v) is 6.30. The summed E-state index contributed by atoms with van der Waals surface area (Å²) in [7, 11) is 2.02. The van der Waals surface area contributed by atoms with Gasteiger partial charge in [-0.25, -0.2) is 4.98 Å². The van der Waals surface area contributed by atoms with Gasteiger partial charge < -0.3 is 19.8 Å². The third kappa shape index (κ3) is 10.7. The number of fused-ring (bicyclic) bond motifs is 1. The minimum atomic E-state index is -0.694. The second kappa shape index (κ2) is 18.1. The Morgan fingerprint density at radius 3 is 1.65 bits per heavy atom. The smallest absolute Gasteiger partial charge is 0.124 e. The van der Waals surface area contributed by atoms with Gasteiger partial charge in [-0.15, -0.1) is 30.0 Å². The molecule has 4 heterocycles. The van der Waals surface area contributed by atoms with E-state index in [1.165, 1.54) is 0 Å². The summed E-state index contributed by atoms with van der Waals surface area (Å²) in [6.45, 7) is 14.5. The summed E-state index contributed by atoms with van der Waals surface area (Å²) in [5.41, 5.74) is 6.54. The third-order valence-electron chi connectivity index (χ3n) is 9.45. The van der Waals surface area contributed by atoms with E-state index in [-0.39, 0.29) is 42.1 Å². The molecular formula is C47H45F4IrN5-4. The molecular weight excluding hydrogens is 903 g/mol. The fourth-order valence-electron chi connectivity index (χ4n) is 6.30. The summed E-state index contributed by atoms with van der Waals surface area (Å²) < 4.78 is 56.0. The van der Waals surface area contributed by atoms with Gasteiger partial charge in [-0.1, -0.05) is 76.9 Å². The van der Waals surface area contributed by atoms with Crippen LogP contribution in [0.5, 0.6) is 0 Å². The molecule has 0 amide bonds. The van der Waals surface area contributed by atoms with E-state index in [1.54, 1.807) is 0 Å². The Bertz CT molecular complexity index is 2190. The van der Waals surface area contributed by atoms with Crippen molar-refractivity contribution in [1.29, 1.82) is 0 Å². The molecule has 6 aromatic rings. The van der Waals surface area contributed by atoms with Gasteiger partial charge in [0.05, 0.1) is 0 Å². The van der Waals surface area contributed by atoms with Crippen LogP contribution in [0.2, 0.25) is 0 Å². The molecule has 0 aliphatic carbocycles. The Morgan fingerprint density at radius 1 is 0.667 bits per heavy atom. The van der Waals surface area contributed by atoms with Crippen LogP contribution in [0.15, 0.2) is 91.1 Å². The van der Waals surface area contributed by atoms with Crippen LogP contribution in [0.25, 0.3) is 22.5 Å². The molecule has 0 saturated heterocycles. The van der Waals surface area contributed by atoms with Gasteiger partial charge in [0.2, 0.25) is 0 Å². The second-order valence-electron chi connectivity index (χ2n) is 15.9. The summed E-state index contributed by atoms with van der Waals surface area (Å²) in [6, 6.07) is 32.1. The van der Waals surface area contributed by atoms with Crippen LogP contribution in [-0.2, 0) is 43.8 Å². The largest absolute Gasteiger partial charge is 0.502 e. The Morgan fingerprint density at radius 2 is 1.19 bits per heavy atom. The number of aryl methyl sites for hydroxylation is 2. The van der Waals surface area contributed by atoms with Crippen LogP contribution < -0.4 is 9.80 Å². The first-order valence-corrected chi connectivity index (χ1v) is 18.6. The van der Waals surface area contributed by atoms with Gasteiger partial charge in [-0.2, -0.15) is 37.0 Å². The molecule has 0 spiro atoms. The van der Waals surface area contributed by atoms with E-state index in [4.69, 9.17) is 0 Å². The van der Waals surface area contributed by atoms with Crippen molar-refractivity contribution >= 4 is 17.2 Å². The molecule has 0 unspecified atom stereocenters. The van der Waals surface area contributed by atoms with Crippen LogP contribution in [0.1, 0.15) is 76.9 Å². The van der Waals surface area contributed by atoms with Crippen molar-refractivity contribution < 1.29 is 37.7 Å². The molecule has 3 aromatic heterocycles. The Kier molecular flexibility index (Phi) is 13.7. The van der Waals surface area contributed by atoms with E-state index < -0.39 is 23.3 Å². The van der Waals surface area contributed by atoms with Crippen molar-refractivity contribution in [3.05, 3.63) is 162 Å². The van der Waals surface area contributed by atoms with E-state index >= 15 is 0 Å². The number of rotatable bonds is 8. The predicted octanol–water partition coefficient (Wildman–Crippen LogP) is 11.7. The number of halogens is 4. The van der Waals surface area contributed by atoms with E-state index in [0.29, 0.717) is 24.2 Å². The van der Waals surface area contributed by atoms with Gasteiger partial charge in [-0.05, 0) is 90.3 Å². The van der Waals surface area contributed by atoms with Crippen LogP contribution in [0, 0.1) is 48.1 Å². The molecule has 1 radical (unpaired) electrons. The average Bonchev–Trinajstić information content (AvgIpc) is 3.49. The Labute approximate surface area is 347 Å². The van der Waals surface area contributed by atoms with Crippen LogP contribution in [-0.4, -0.2) is 22.0 Å². The molecule has 7 rings (SSSR count). The molecule has 0 atom stereocenters. The number of pyridine rings is 3. The van der Waals surface area contributed by atoms with Gasteiger partial charge in [0.25, 0.3) is 0 Å². The monoisotopic (exact) mass is 948 g/mol. The number of hydrogen-bond donors (Lipinski definition) is 0. The average molecular weight is 948 g/mol. The number of benzene rings is 3. The van der Waals surface area contributed by atoms with Crippen molar-refractivity contribution in [1.82, 2.24) is 15.0 Å². The first-order chi connectivity index (χ1) is 26.6. The van der Waals surface area contributed by atoms with Gasteiger partial charge in [0.1, 0.15) is 5.82 Å². The topological polar surface area (TPSA) is 45.2 Å². The molecule has 3 aromatic carbocycles. The van der Waals surface area contributed by atoms with Gasteiger partial charge in [0, 0.05) is 66.6 Å². The Hall–Kier alpha value is -4.92. The van der Waals surface area contributed by atoms with E-state index in [1.807, 2.05) is 79.4 Å². The van der Waals surface area contributed by atoms with Gasteiger partial charge in [-0.3, -0.25) is 17.6 Å². The van der Waals surface area contributed by atoms with Crippen LogP contribution in [0.3, 0.4) is 0 Å². The van der Waals surface area contributed by atoms with Crippen LogP contribution >= 0.6 is 0 Å². The first kappa shape index (κ1) is 43.2. The zero-order valence-electron chi connectivity index (χ0n) is 33.1. The molecule has 0 bridgehead atoms. The standard InChI is InChI=1S/C34H34F4N2.C13H11N3.Ir/c1-33(2,3)21-15-25(39-31(17-21)27-13-11-23(35)19-29(27)37)9-7-8-10-26-16-22(34(4,5)6)18-32(40-26)28-14-12-24(36)20-30(28)38;1-15-10-16(11-6-3-2-4-7-11)13-12(15)8-5-9-14-13;/h11-12,15-20H,7-10H2,1-6H3;2-6,8-10H,1H3;/q2*-2;. The molecule has 0 fully saturated rings. The molecule has 0 saturated carbocycles. The first-order valence-electron chi connectivity index (χ1n) is 18.6. The summed E-state index contributed by atoms with van der Waals surface area (Å²) in [5.74, 6) is -1.80. The zero-order chi connectivity index (χ0) is 40.2. The van der Waals surface area contributed by atoms with Crippen molar-refractivity contribution in [3.63, 3.8) is 0 Å². The SMILES string of the molecule is CC(C)(C)c1cc(CCCCc2cc(C(C)(C)C)cc(-c3[c-]cc(F)cc3F)n2)nc(-c2[c-]cc(F)cc2F)c1.CN1[CH-]N(c2[c-]cccc2)c2ncccc21.[Ir]. The molecule has 0 N–H and O–H groups in total. The fraction of sp³-hybridized carbons (Fsp3) is 0.277. The summed E-state index contributed by atoms with van der Waals surface area (Å²) in [6.07, 6.45) is 4.71. The van der Waals surface area contributed by atoms with Crippen molar-refractivity contribution in [3.8, 4) is 22.5 Å². The summed E-state index contributed by atoms with van der Waals surface area (Å²) in [4.78, 5) is 17.9. The van der Waals surface area contributed by atoms with Crippen molar-refractivity contribution in [2.45, 2.75) is 78.1 Å². The van der Waals surface area contributed by atoms with Crippen molar-refractivity contribution in [2.75, 3.05) is 16.8 Å². The maximum atomic E-state index is 14.5. The third-order valence-corrected chi connectivity index (χ3v) is 9.45. The number of hydrogen-bond acceptors (Lipinski definition) is 5.